The lowest BCUT2D eigenvalue weighted by Gasteiger charge is -2.09. The van der Waals surface area contributed by atoms with Crippen molar-refractivity contribution in [2.24, 2.45) is 5.41 Å². The third-order valence-corrected chi connectivity index (χ3v) is 2.98. The molecule has 0 N–H and O–H groups in total. The number of carbonyl (C=O) groups is 1. The van der Waals surface area contributed by atoms with Gasteiger partial charge >= 0.3 is 5.97 Å². The third kappa shape index (κ3) is 2.54. The van der Waals surface area contributed by atoms with Gasteiger partial charge in [0.05, 0.1) is 19.3 Å². The Balaban J connectivity index is 1.92. The van der Waals surface area contributed by atoms with E-state index in [2.05, 4.69) is 6.92 Å². The van der Waals surface area contributed by atoms with E-state index >= 15 is 0 Å². The van der Waals surface area contributed by atoms with E-state index in [1.54, 1.807) is 31.4 Å². The van der Waals surface area contributed by atoms with Gasteiger partial charge in [-0.1, -0.05) is 6.92 Å². The highest BCUT2D eigenvalue weighted by Crippen LogP contribution is 2.45. The molecule has 0 unspecified atom stereocenters. The molecule has 1 aromatic rings. The van der Waals surface area contributed by atoms with Gasteiger partial charge in [0.1, 0.15) is 5.75 Å². The lowest BCUT2D eigenvalue weighted by atomic mass is 10.2. The highest BCUT2D eigenvalue weighted by atomic mass is 16.5. The Labute approximate surface area is 95.4 Å². The van der Waals surface area contributed by atoms with E-state index in [-0.39, 0.29) is 11.4 Å². The number of methoxy groups -OCH3 is 1. The molecule has 16 heavy (non-hydrogen) atoms. The van der Waals surface area contributed by atoms with Crippen LogP contribution in [0.3, 0.4) is 0 Å². The van der Waals surface area contributed by atoms with Crippen LogP contribution in [0.4, 0.5) is 0 Å². The minimum Gasteiger partial charge on any atom is -0.497 e. The summed E-state index contributed by atoms with van der Waals surface area (Å²) in [5.41, 5.74) is 0.812. The fourth-order valence-corrected chi connectivity index (χ4v) is 1.41. The minimum atomic E-state index is -0.254. The summed E-state index contributed by atoms with van der Waals surface area (Å²) in [6, 6.07) is 6.96. The van der Waals surface area contributed by atoms with E-state index in [9.17, 15) is 4.79 Å². The van der Waals surface area contributed by atoms with Crippen LogP contribution < -0.4 is 4.74 Å². The molecule has 0 saturated heterocycles. The number of esters is 1. The molecule has 1 aliphatic carbocycles. The Morgan fingerprint density at radius 1 is 1.31 bits per heavy atom. The van der Waals surface area contributed by atoms with Gasteiger partial charge in [-0.3, -0.25) is 0 Å². The first kappa shape index (κ1) is 11.0. The van der Waals surface area contributed by atoms with Crippen LogP contribution in [0.2, 0.25) is 0 Å². The van der Waals surface area contributed by atoms with Gasteiger partial charge < -0.3 is 9.47 Å². The van der Waals surface area contributed by atoms with Crippen molar-refractivity contribution in [2.45, 2.75) is 19.8 Å². The van der Waals surface area contributed by atoms with Gasteiger partial charge in [0.25, 0.3) is 0 Å². The molecule has 1 fully saturated rings. The van der Waals surface area contributed by atoms with Crippen LogP contribution in [0.25, 0.3) is 0 Å². The predicted molar refractivity (Wildman–Crippen MR) is 60.6 cm³/mol. The Bertz CT molecular complexity index is 377. The standard InChI is InChI=1S/C13H16O3/c1-13(7-8-13)9-16-12(14)10-3-5-11(15-2)6-4-10/h3-6H,7-9H2,1-2H3. The molecule has 0 radical (unpaired) electrons. The summed E-state index contributed by atoms with van der Waals surface area (Å²) < 4.78 is 10.3. The van der Waals surface area contributed by atoms with Crippen molar-refractivity contribution in [1.29, 1.82) is 0 Å². The fraction of sp³-hybridized carbons (Fsp3) is 0.462. The molecule has 0 spiro atoms. The second kappa shape index (κ2) is 4.16. The number of hydrogen-bond donors (Lipinski definition) is 0. The van der Waals surface area contributed by atoms with Crippen LogP contribution in [0.5, 0.6) is 5.75 Å². The monoisotopic (exact) mass is 220 g/mol. The van der Waals surface area contributed by atoms with Crippen molar-refractivity contribution in [3.05, 3.63) is 29.8 Å². The molecular formula is C13H16O3. The van der Waals surface area contributed by atoms with Gasteiger partial charge in [-0.15, -0.1) is 0 Å². The lowest BCUT2D eigenvalue weighted by molar-refractivity contribution is 0.0430. The summed E-state index contributed by atoms with van der Waals surface area (Å²) in [7, 11) is 1.60. The van der Waals surface area contributed by atoms with Crippen LogP contribution in [-0.2, 0) is 4.74 Å². The van der Waals surface area contributed by atoms with Gasteiger partial charge in [0.15, 0.2) is 0 Å². The van der Waals surface area contributed by atoms with Crippen LogP contribution >= 0.6 is 0 Å². The SMILES string of the molecule is COc1ccc(C(=O)OCC2(C)CC2)cc1. The van der Waals surface area contributed by atoms with Gasteiger partial charge in [0.2, 0.25) is 0 Å². The molecule has 2 rings (SSSR count). The molecule has 1 aromatic carbocycles. The predicted octanol–water partition coefficient (Wildman–Crippen LogP) is 2.65. The largest absolute Gasteiger partial charge is 0.497 e. The van der Waals surface area contributed by atoms with E-state index in [1.807, 2.05) is 0 Å². The van der Waals surface area contributed by atoms with Crippen molar-refractivity contribution in [2.75, 3.05) is 13.7 Å². The Morgan fingerprint density at radius 2 is 1.94 bits per heavy atom. The summed E-state index contributed by atoms with van der Waals surface area (Å²) in [6.07, 6.45) is 2.31. The molecule has 1 saturated carbocycles. The number of rotatable bonds is 4. The lowest BCUT2D eigenvalue weighted by Crippen LogP contribution is -2.12. The summed E-state index contributed by atoms with van der Waals surface area (Å²) in [5, 5.41) is 0. The number of hydrogen-bond acceptors (Lipinski definition) is 3. The first-order valence-electron chi connectivity index (χ1n) is 5.44. The Morgan fingerprint density at radius 3 is 2.44 bits per heavy atom. The smallest absolute Gasteiger partial charge is 0.338 e. The van der Waals surface area contributed by atoms with E-state index in [0.717, 1.165) is 18.6 Å². The average Bonchev–Trinajstić information content (AvgIpc) is 3.05. The molecular weight excluding hydrogens is 204 g/mol. The number of ether oxygens (including phenoxy) is 2. The third-order valence-electron chi connectivity index (χ3n) is 2.98. The zero-order chi connectivity index (χ0) is 11.6. The highest BCUT2D eigenvalue weighted by molar-refractivity contribution is 5.89. The first-order chi connectivity index (χ1) is 7.63. The van der Waals surface area contributed by atoms with Gasteiger partial charge in [-0.05, 0) is 37.1 Å². The quantitative estimate of drug-likeness (QED) is 0.732. The van der Waals surface area contributed by atoms with E-state index in [1.165, 1.54) is 0 Å². The van der Waals surface area contributed by atoms with Crippen molar-refractivity contribution in [1.82, 2.24) is 0 Å². The van der Waals surface area contributed by atoms with E-state index in [4.69, 9.17) is 9.47 Å². The second-order valence-corrected chi connectivity index (χ2v) is 4.62. The van der Waals surface area contributed by atoms with Crippen LogP contribution in [0, 0.1) is 5.41 Å². The maximum atomic E-state index is 11.7. The van der Waals surface area contributed by atoms with Crippen molar-refractivity contribution in [3.63, 3.8) is 0 Å². The molecule has 0 bridgehead atoms. The Kier molecular flexibility index (Phi) is 2.86. The summed E-state index contributed by atoms with van der Waals surface area (Å²) in [4.78, 5) is 11.7. The molecule has 3 heteroatoms. The minimum absolute atomic E-state index is 0.238. The van der Waals surface area contributed by atoms with Crippen molar-refractivity contribution in [3.8, 4) is 5.75 Å². The Hall–Kier alpha value is -1.51. The van der Waals surface area contributed by atoms with Crippen molar-refractivity contribution < 1.29 is 14.3 Å². The highest BCUT2D eigenvalue weighted by Gasteiger charge is 2.38. The zero-order valence-corrected chi connectivity index (χ0v) is 9.66. The van der Waals surface area contributed by atoms with Crippen LogP contribution in [-0.4, -0.2) is 19.7 Å². The molecule has 0 amide bonds. The maximum absolute atomic E-state index is 11.7. The van der Waals surface area contributed by atoms with Gasteiger partial charge in [-0.2, -0.15) is 0 Å². The summed E-state index contributed by atoms with van der Waals surface area (Å²) in [6.45, 7) is 2.66. The van der Waals surface area contributed by atoms with Gasteiger partial charge in [0, 0.05) is 5.41 Å². The first-order valence-corrected chi connectivity index (χ1v) is 5.44. The maximum Gasteiger partial charge on any atom is 0.338 e. The molecule has 0 atom stereocenters. The number of carbonyl (C=O) groups excluding carboxylic acids is 1. The summed E-state index contributed by atoms with van der Waals surface area (Å²) in [5.74, 6) is 0.487. The molecule has 86 valence electrons. The molecule has 0 aliphatic heterocycles. The molecule has 3 nitrogen and oxygen atoms in total. The molecule has 0 heterocycles. The van der Waals surface area contributed by atoms with Crippen LogP contribution in [0.15, 0.2) is 24.3 Å². The molecule has 1 aliphatic rings. The second-order valence-electron chi connectivity index (χ2n) is 4.62. The van der Waals surface area contributed by atoms with E-state index < -0.39 is 0 Å². The van der Waals surface area contributed by atoms with Crippen LogP contribution in [0.1, 0.15) is 30.1 Å². The van der Waals surface area contributed by atoms with Gasteiger partial charge in [-0.25, -0.2) is 4.79 Å². The zero-order valence-electron chi connectivity index (χ0n) is 9.66. The fourth-order valence-electron chi connectivity index (χ4n) is 1.41. The van der Waals surface area contributed by atoms with Crippen molar-refractivity contribution >= 4 is 5.97 Å². The topological polar surface area (TPSA) is 35.5 Å². The van der Waals surface area contributed by atoms with E-state index in [0.29, 0.717) is 12.2 Å². The average molecular weight is 220 g/mol. The number of benzene rings is 1. The normalized spacial score (nSPS) is 16.6. The molecule has 0 aromatic heterocycles. The summed E-state index contributed by atoms with van der Waals surface area (Å²) >= 11 is 0.